The van der Waals surface area contributed by atoms with Crippen LogP contribution in [0, 0.1) is 5.92 Å². The molecule has 4 N–H and O–H groups in total. The molecule has 1 aromatic heterocycles. The summed E-state index contributed by atoms with van der Waals surface area (Å²) in [4.78, 5) is 51.6. The lowest BCUT2D eigenvalue weighted by atomic mass is 10.1. The highest BCUT2D eigenvalue weighted by Gasteiger charge is 2.32. The molecule has 1 aliphatic rings. The number of hydrazine groups is 1. The maximum absolute atomic E-state index is 12.4. The number of carbonyl (C=O) groups is 4. The van der Waals surface area contributed by atoms with Gasteiger partial charge in [-0.25, -0.2) is 13.4 Å². The quantitative estimate of drug-likeness (QED) is 0.419. The van der Waals surface area contributed by atoms with Crippen LogP contribution in [0.2, 0.25) is 0 Å². The average molecular weight is 465 g/mol. The van der Waals surface area contributed by atoms with Crippen LogP contribution in [0.1, 0.15) is 16.9 Å². The molecule has 172 valence electrons. The maximum atomic E-state index is 12.4. The molecule has 2 heterocycles. The summed E-state index contributed by atoms with van der Waals surface area (Å²) < 4.78 is 28.6. The Bertz CT molecular complexity index is 1170. The van der Waals surface area contributed by atoms with E-state index >= 15 is 0 Å². The van der Waals surface area contributed by atoms with Gasteiger partial charge in [-0.3, -0.25) is 24.6 Å². The molecule has 13 heteroatoms. The number of hydrogen-bond donors (Lipinski definition) is 4. The molecule has 3 rings (SSSR count). The van der Waals surface area contributed by atoms with E-state index in [4.69, 9.17) is 4.74 Å². The minimum Gasteiger partial charge on any atom is -0.496 e. The van der Waals surface area contributed by atoms with Crippen molar-refractivity contribution in [2.24, 2.45) is 5.92 Å². The van der Waals surface area contributed by atoms with Gasteiger partial charge < -0.3 is 20.4 Å². The van der Waals surface area contributed by atoms with Gasteiger partial charge in [0.25, 0.3) is 11.8 Å². The zero-order chi connectivity index (χ0) is 23.5. The van der Waals surface area contributed by atoms with Crippen molar-refractivity contribution < 1.29 is 32.3 Å². The van der Waals surface area contributed by atoms with Crippen LogP contribution >= 0.6 is 0 Å². The minimum absolute atomic E-state index is 0.184. The van der Waals surface area contributed by atoms with Crippen LogP contribution in [0.4, 0.5) is 4.79 Å². The second kappa shape index (κ2) is 9.26. The second-order valence-electron chi connectivity index (χ2n) is 7.25. The average Bonchev–Trinajstić information content (AvgIpc) is 3.36. The number of aromatic amines is 1. The predicted molar refractivity (Wildman–Crippen MR) is 113 cm³/mol. The van der Waals surface area contributed by atoms with E-state index < -0.39 is 39.4 Å². The zero-order valence-electron chi connectivity index (χ0n) is 17.4. The second-order valence-corrected chi connectivity index (χ2v) is 9.14. The summed E-state index contributed by atoms with van der Waals surface area (Å²) in [6.07, 6.45) is 1.10. The summed E-state index contributed by atoms with van der Waals surface area (Å²) >= 11 is 0. The number of amides is 4. The van der Waals surface area contributed by atoms with Crippen molar-refractivity contribution in [2.45, 2.75) is 6.42 Å². The summed E-state index contributed by atoms with van der Waals surface area (Å²) in [5, 5.41) is 4.90. The molecule has 1 saturated heterocycles. The fourth-order valence-electron chi connectivity index (χ4n) is 3.28. The molecule has 32 heavy (non-hydrogen) atoms. The van der Waals surface area contributed by atoms with Gasteiger partial charge in [0, 0.05) is 23.7 Å². The Hall–Kier alpha value is -3.61. The smallest absolute Gasteiger partial charge is 0.357 e. The number of nitrogens with one attached hydrogen (secondary N) is 4. The largest absolute Gasteiger partial charge is 0.496 e. The van der Waals surface area contributed by atoms with Gasteiger partial charge in [0.05, 0.1) is 26.1 Å². The third kappa shape index (κ3) is 5.17. The molecule has 0 saturated carbocycles. The summed E-state index contributed by atoms with van der Waals surface area (Å²) in [5.41, 5.74) is 3.01. The van der Waals surface area contributed by atoms with Gasteiger partial charge >= 0.3 is 5.24 Å². The summed E-state index contributed by atoms with van der Waals surface area (Å²) in [5.74, 6) is -1.84. The van der Waals surface area contributed by atoms with Crippen LogP contribution in [-0.4, -0.2) is 74.4 Å². The monoisotopic (exact) mass is 465 g/mol. The summed E-state index contributed by atoms with van der Waals surface area (Å²) in [6, 6.07) is 6.82. The standard InChI is InChI=1S/C19H23N5O7S/c1-31-15-5-3-4-13-12(15)8-14(22-13)18(27)21-9-16(25)23-24(19(28)32(2,29)30)10-11-6-7-20-17(11)26/h3-5,8,11,22H,6-7,9-10H2,1-2H3,(H,20,26)(H,21,27)(H,23,25)/t11-/m0/s1. The third-order valence-electron chi connectivity index (χ3n) is 4.86. The lowest BCUT2D eigenvalue weighted by Gasteiger charge is -2.24. The lowest BCUT2D eigenvalue weighted by Crippen LogP contribution is -2.53. The van der Waals surface area contributed by atoms with Crippen molar-refractivity contribution in [3.8, 4) is 5.75 Å². The van der Waals surface area contributed by atoms with Gasteiger partial charge in [-0.1, -0.05) is 6.07 Å². The fraction of sp³-hybridized carbons (Fsp3) is 0.368. The van der Waals surface area contributed by atoms with Gasteiger partial charge in [0.2, 0.25) is 15.7 Å². The van der Waals surface area contributed by atoms with E-state index in [-0.39, 0.29) is 18.1 Å². The van der Waals surface area contributed by atoms with Crippen molar-refractivity contribution in [1.82, 2.24) is 26.1 Å². The molecule has 1 aromatic carbocycles. The highest BCUT2D eigenvalue weighted by Crippen LogP contribution is 2.25. The van der Waals surface area contributed by atoms with Crippen LogP contribution < -0.4 is 20.8 Å². The first-order valence-electron chi connectivity index (χ1n) is 9.63. The predicted octanol–water partition coefficient (Wildman–Crippen LogP) is -0.460. The number of benzene rings is 1. The van der Waals surface area contributed by atoms with Crippen molar-refractivity contribution in [2.75, 3.05) is 33.0 Å². The number of H-pyrrole nitrogens is 1. The molecular formula is C19H23N5O7S. The fourth-order valence-corrected chi connectivity index (χ4v) is 3.80. The number of fused-ring (bicyclic) bond motifs is 1. The highest BCUT2D eigenvalue weighted by molar-refractivity contribution is 8.05. The van der Waals surface area contributed by atoms with Crippen LogP contribution in [0.5, 0.6) is 5.75 Å². The summed E-state index contributed by atoms with van der Waals surface area (Å²) in [7, 11) is -2.66. The van der Waals surface area contributed by atoms with Gasteiger partial charge in [-0.05, 0) is 24.6 Å². The Morgan fingerprint density at radius 3 is 2.66 bits per heavy atom. The number of hydrogen-bond acceptors (Lipinski definition) is 7. The van der Waals surface area contributed by atoms with E-state index in [0.717, 1.165) is 0 Å². The van der Waals surface area contributed by atoms with E-state index in [1.807, 2.05) is 0 Å². The Labute approximate surface area is 183 Å². The maximum Gasteiger partial charge on any atom is 0.357 e. The number of methoxy groups -OCH3 is 1. The molecular weight excluding hydrogens is 442 g/mol. The third-order valence-corrected chi connectivity index (χ3v) is 5.72. The van der Waals surface area contributed by atoms with E-state index in [1.54, 1.807) is 24.3 Å². The van der Waals surface area contributed by atoms with Crippen LogP contribution in [0.15, 0.2) is 24.3 Å². The Kier molecular flexibility index (Phi) is 6.67. The zero-order valence-corrected chi connectivity index (χ0v) is 18.2. The number of nitrogens with zero attached hydrogens (tertiary/aromatic N) is 1. The van der Waals surface area contributed by atoms with E-state index in [2.05, 4.69) is 21.0 Å². The van der Waals surface area contributed by atoms with Crippen LogP contribution in [0.25, 0.3) is 10.9 Å². The number of sulfone groups is 1. The van der Waals surface area contributed by atoms with Crippen molar-refractivity contribution in [1.29, 1.82) is 0 Å². The molecule has 0 bridgehead atoms. The molecule has 0 unspecified atom stereocenters. The number of rotatable bonds is 6. The highest BCUT2D eigenvalue weighted by atomic mass is 32.2. The molecule has 2 aromatic rings. The number of ether oxygens (including phenoxy) is 1. The first kappa shape index (κ1) is 23.1. The van der Waals surface area contributed by atoms with E-state index in [1.165, 1.54) is 7.11 Å². The Balaban J connectivity index is 1.64. The SMILES string of the molecule is COc1cccc2[nH]c(C(=O)NCC(=O)NN(C[C@@H]3CCNC3=O)C(=O)S(C)(=O)=O)cc12. The van der Waals surface area contributed by atoms with E-state index in [9.17, 15) is 27.6 Å². The molecule has 1 aliphatic heterocycles. The summed E-state index contributed by atoms with van der Waals surface area (Å²) in [6.45, 7) is -0.446. The van der Waals surface area contributed by atoms with Crippen LogP contribution in [0.3, 0.4) is 0 Å². The van der Waals surface area contributed by atoms with Gasteiger partial charge in [-0.2, -0.15) is 0 Å². The first-order chi connectivity index (χ1) is 15.1. The van der Waals surface area contributed by atoms with Crippen molar-refractivity contribution in [3.05, 3.63) is 30.0 Å². The first-order valence-corrected chi connectivity index (χ1v) is 11.5. The molecule has 0 aliphatic carbocycles. The van der Waals surface area contributed by atoms with Gasteiger partial charge in [0.15, 0.2) is 0 Å². The topological polar surface area (TPSA) is 167 Å². The van der Waals surface area contributed by atoms with E-state index in [0.29, 0.717) is 40.9 Å². The lowest BCUT2D eigenvalue weighted by molar-refractivity contribution is -0.126. The van der Waals surface area contributed by atoms with Crippen molar-refractivity contribution in [3.63, 3.8) is 0 Å². The normalized spacial score (nSPS) is 15.8. The van der Waals surface area contributed by atoms with Crippen LogP contribution in [-0.2, 0) is 19.4 Å². The van der Waals surface area contributed by atoms with Gasteiger partial charge in [-0.15, -0.1) is 0 Å². The molecule has 0 radical (unpaired) electrons. The number of carbonyl (C=O) groups excluding carboxylic acids is 4. The Morgan fingerprint density at radius 2 is 2.03 bits per heavy atom. The molecule has 4 amide bonds. The van der Waals surface area contributed by atoms with Gasteiger partial charge in [0.1, 0.15) is 11.4 Å². The van der Waals surface area contributed by atoms with Crippen molar-refractivity contribution >= 4 is 43.7 Å². The Morgan fingerprint density at radius 1 is 1.28 bits per heavy atom. The molecule has 12 nitrogen and oxygen atoms in total. The molecule has 0 spiro atoms. The minimum atomic E-state index is -4.17. The molecule has 1 atom stereocenters. The number of aromatic nitrogens is 1. The molecule has 1 fully saturated rings.